The normalized spacial score (nSPS) is 17.9. The third-order valence-electron chi connectivity index (χ3n) is 4.62. The Bertz CT molecular complexity index is 865. The molecule has 0 N–H and O–H groups in total. The van der Waals surface area contributed by atoms with Gasteiger partial charge in [-0.25, -0.2) is 0 Å². The lowest BCUT2D eigenvalue weighted by atomic mass is 10.2. The second kappa shape index (κ2) is 11.3. The summed E-state index contributed by atoms with van der Waals surface area (Å²) in [7, 11) is 0. The molecule has 1 aromatic rings. The van der Waals surface area contributed by atoms with Gasteiger partial charge in [-0.2, -0.15) is 0 Å². The number of hydrogen-bond acceptors (Lipinski definition) is 8. The van der Waals surface area contributed by atoms with Crippen LogP contribution in [-0.2, 0) is 23.9 Å². The SMILES string of the molecule is CCOC(=O)CCN1C(=O)/C(=C\c2ccc(OCC(=O)N3CCOCC3)cc2)SC1=S. The number of nitrogens with zero attached hydrogens (tertiary/aromatic N) is 2. The molecule has 2 aliphatic rings. The second-order valence-electron chi connectivity index (χ2n) is 6.74. The highest BCUT2D eigenvalue weighted by Crippen LogP contribution is 2.32. The first-order valence-electron chi connectivity index (χ1n) is 9.97. The van der Waals surface area contributed by atoms with Crippen LogP contribution in [-0.4, -0.2) is 78.0 Å². The lowest BCUT2D eigenvalue weighted by molar-refractivity contribution is -0.143. The van der Waals surface area contributed by atoms with Gasteiger partial charge in [0.1, 0.15) is 10.1 Å². The number of benzene rings is 1. The van der Waals surface area contributed by atoms with Gasteiger partial charge >= 0.3 is 5.97 Å². The van der Waals surface area contributed by atoms with E-state index in [2.05, 4.69) is 0 Å². The molecule has 0 aliphatic carbocycles. The molecule has 3 rings (SSSR count). The van der Waals surface area contributed by atoms with Crippen LogP contribution in [0.15, 0.2) is 29.2 Å². The smallest absolute Gasteiger partial charge is 0.307 e. The van der Waals surface area contributed by atoms with Crippen LogP contribution in [0.3, 0.4) is 0 Å². The van der Waals surface area contributed by atoms with E-state index in [4.69, 9.17) is 26.4 Å². The monoisotopic (exact) mass is 464 g/mol. The second-order valence-corrected chi connectivity index (χ2v) is 8.42. The minimum atomic E-state index is -0.358. The van der Waals surface area contributed by atoms with Gasteiger partial charge in [0.05, 0.1) is 31.1 Å². The fourth-order valence-corrected chi connectivity index (χ4v) is 4.30. The number of esters is 1. The molecule has 1 aromatic carbocycles. The van der Waals surface area contributed by atoms with Crippen molar-refractivity contribution >= 4 is 52.2 Å². The zero-order valence-electron chi connectivity index (χ0n) is 17.2. The van der Waals surface area contributed by atoms with E-state index in [1.54, 1.807) is 42.2 Å². The molecular weight excluding hydrogens is 440 g/mol. The fraction of sp³-hybridized carbons (Fsp3) is 0.429. The molecule has 2 saturated heterocycles. The Kier molecular flexibility index (Phi) is 8.44. The molecule has 2 heterocycles. The molecule has 0 unspecified atom stereocenters. The van der Waals surface area contributed by atoms with Gasteiger partial charge in [-0.3, -0.25) is 19.3 Å². The van der Waals surface area contributed by atoms with Crippen molar-refractivity contribution in [3.05, 3.63) is 34.7 Å². The first kappa shape index (κ1) is 23.2. The van der Waals surface area contributed by atoms with E-state index >= 15 is 0 Å². The predicted octanol–water partition coefficient (Wildman–Crippen LogP) is 2.08. The highest BCUT2D eigenvalue weighted by Gasteiger charge is 2.32. The Hall–Kier alpha value is -2.43. The maximum Gasteiger partial charge on any atom is 0.307 e. The predicted molar refractivity (Wildman–Crippen MR) is 120 cm³/mol. The van der Waals surface area contributed by atoms with E-state index in [0.717, 1.165) is 5.56 Å². The quantitative estimate of drug-likeness (QED) is 0.328. The molecule has 2 fully saturated rings. The highest BCUT2D eigenvalue weighted by atomic mass is 32.2. The molecule has 8 nitrogen and oxygen atoms in total. The molecule has 0 bridgehead atoms. The first-order chi connectivity index (χ1) is 15.0. The van der Waals surface area contributed by atoms with Crippen molar-refractivity contribution in [3.8, 4) is 5.75 Å². The molecule has 2 amide bonds. The molecule has 0 aromatic heterocycles. The van der Waals surface area contributed by atoms with Crippen molar-refractivity contribution < 1.29 is 28.6 Å². The number of ether oxygens (including phenoxy) is 3. The highest BCUT2D eigenvalue weighted by molar-refractivity contribution is 8.26. The van der Waals surface area contributed by atoms with Gasteiger partial charge in [0.25, 0.3) is 11.8 Å². The van der Waals surface area contributed by atoms with Crippen LogP contribution >= 0.6 is 24.0 Å². The summed E-state index contributed by atoms with van der Waals surface area (Å²) in [5.41, 5.74) is 0.803. The molecule has 0 spiro atoms. The van der Waals surface area contributed by atoms with E-state index in [1.807, 2.05) is 0 Å². The molecular formula is C21H24N2O6S2. The molecule has 31 heavy (non-hydrogen) atoms. The van der Waals surface area contributed by atoms with Gasteiger partial charge in [-0.1, -0.05) is 36.1 Å². The zero-order valence-corrected chi connectivity index (χ0v) is 18.8. The number of amides is 2. The van der Waals surface area contributed by atoms with Gasteiger partial charge in [-0.15, -0.1) is 0 Å². The summed E-state index contributed by atoms with van der Waals surface area (Å²) in [4.78, 5) is 39.9. The van der Waals surface area contributed by atoms with Gasteiger partial charge in [-0.05, 0) is 30.7 Å². The number of thiocarbonyl (C=S) groups is 1. The van der Waals surface area contributed by atoms with E-state index in [1.165, 1.54) is 16.7 Å². The van der Waals surface area contributed by atoms with Crippen LogP contribution in [0.2, 0.25) is 0 Å². The average molecular weight is 465 g/mol. The van der Waals surface area contributed by atoms with E-state index < -0.39 is 0 Å². The minimum absolute atomic E-state index is 0.0293. The van der Waals surface area contributed by atoms with Crippen molar-refractivity contribution in [1.29, 1.82) is 0 Å². The summed E-state index contributed by atoms with van der Waals surface area (Å²) in [6.45, 7) is 4.48. The topological polar surface area (TPSA) is 85.4 Å². The van der Waals surface area contributed by atoms with Crippen LogP contribution in [0.1, 0.15) is 18.9 Å². The fourth-order valence-electron chi connectivity index (χ4n) is 2.99. The van der Waals surface area contributed by atoms with Crippen molar-refractivity contribution in [2.75, 3.05) is 46.1 Å². The lowest BCUT2D eigenvalue weighted by Gasteiger charge is -2.26. The molecule has 0 saturated carbocycles. The molecule has 0 atom stereocenters. The van der Waals surface area contributed by atoms with Crippen molar-refractivity contribution in [2.45, 2.75) is 13.3 Å². The number of hydrogen-bond donors (Lipinski definition) is 0. The third-order valence-corrected chi connectivity index (χ3v) is 6.00. The number of morpholine rings is 1. The number of carbonyl (C=O) groups excluding carboxylic acids is 3. The molecule has 2 aliphatic heterocycles. The molecule has 0 radical (unpaired) electrons. The van der Waals surface area contributed by atoms with Crippen LogP contribution < -0.4 is 4.74 Å². The van der Waals surface area contributed by atoms with Gasteiger partial charge in [0.15, 0.2) is 6.61 Å². The van der Waals surface area contributed by atoms with E-state index in [9.17, 15) is 14.4 Å². The number of carbonyl (C=O) groups is 3. The Morgan fingerprint density at radius 3 is 2.61 bits per heavy atom. The van der Waals surface area contributed by atoms with Crippen molar-refractivity contribution in [3.63, 3.8) is 0 Å². The first-order valence-corrected chi connectivity index (χ1v) is 11.2. The summed E-state index contributed by atoms with van der Waals surface area (Å²) in [6, 6.07) is 7.11. The summed E-state index contributed by atoms with van der Waals surface area (Å²) < 4.78 is 16.1. The zero-order chi connectivity index (χ0) is 22.2. The molecule has 10 heteroatoms. The van der Waals surface area contributed by atoms with Crippen LogP contribution in [0.25, 0.3) is 6.08 Å². The lowest BCUT2D eigenvalue weighted by Crippen LogP contribution is -2.42. The summed E-state index contributed by atoms with van der Waals surface area (Å²) >= 11 is 6.47. The van der Waals surface area contributed by atoms with E-state index in [0.29, 0.717) is 47.9 Å². The summed E-state index contributed by atoms with van der Waals surface area (Å²) in [6.07, 6.45) is 1.84. The number of rotatable bonds is 8. The Morgan fingerprint density at radius 2 is 1.94 bits per heavy atom. The van der Waals surface area contributed by atoms with E-state index in [-0.39, 0.29) is 37.4 Å². The summed E-state index contributed by atoms with van der Waals surface area (Å²) in [5.74, 6) is -0.0847. The Morgan fingerprint density at radius 1 is 1.23 bits per heavy atom. The van der Waals surface area contributed by atoms with Gasteiger partial charge < -0.3 is 19.1 Å². The number of thioether (sulfide) groups is 1. The summed E-state index contributed by atoms with van der Waals surface area (Å²) in [5, 5.41) is 0. The Labute approximate surface area is 190 Å². The standard InChI is InChI=1S/C21H24N2O6S2/c1-2-28-19(25)7-8-23-20(26)17(31-21(23)30)13-15-3-5-16(6-4-15)29-14-18(24)22-9-11-27-12-10-22/h3-6,13H,2,7-12,14H2,1H3/b17-13+. The minimum Gasteiger partial charge on any atom is -0.484 e. The van der Waals surface area contributed by atoms with Crippen LogP contribution in [0, 0.1) is 0 Å². The third kappa shape index (κ3) is 6.52. The maximum atomic E-state index is 12.6. The average Bonchev–Trinajstić information content (AvgIpc) is 3.04. The largest absolute Gasteiger partial charge is 0.484 e. The molecule has 166 valence electrons. The van der Waals surface area contributed by atoms with Gasteiger partial charge in [0.2, 0.25) is 0 Å². The van der Waals surface area contributed by atoms with Gasteiger partial charge in [0, 0.05) is 19.6 Å². The van der Waals surface area contributed by atoms with Crippen LogP contribution in [0.4, 0.5) is 0 Å². The van der Waals surface area contributed by atoms with Crippen LogP contribution in [0.5, 0.6) is 5.75 Å². The van der Waals surface area contributed by atoms with Crippen molar-refractivity contribution in [2.24, 2.45) is 0 Å². The maximum absolute atomic E-state index is 12.6. The van der Waals surface area contributed by atoms with Crippen molar-refractivity contribution in [1.82, 2.24) is 9.80 Å². The Balaban J connectivity index is 1.53.